The molecule has 1 heterocycles. The molecule has 4 heteroatoms. The molecule has 0 fully saturated rings. The van der Waals surface area contributed by atoms with Crippen molar-refractivity contribution in [2.45, 2.75) is 52.2 Å². The summed E-state index contributed by atoms with van der Waals surface area (Å²) in [5.74, 6) is 0.721. The second-order valence-corrected chi connectivity index (χ2v) is 4.08. The third kappa shape index (κ3) is 2.64. The first kappa shape index (κ1) is 14.1. The van der Waals surface area contributed by atoms with Crippen molar-refractivity contribution in [2.24, 2.45) is 0 Å². The van der Waals surface area contributed by atoms with E-state index < -0.39 is 5.60 Å². The molecule has 0 radical (unpaired) electrons. The topological polar surface area (TPSA) is 55.2 Å². The van der Waals surface area contributed by atoms with Crippen LogP contribution in [-0.4, -0.2) is 22.2 Å². The highest BCUT2D eigenvalue weighted by Gasteiger charge is 2.31. The molecule has 0 aromatic carbocycles. The summed E-state index contributed by atoms with van der Waals surface area (Å²) in [6, 6.07) is 0. The third-order valence-electron chi connectivity index (χ3n) is 3.40. The van der Waals surface area contributed by atoms with Gasteiger partial charge in [-0.05, 0) is 19.3 Å². The monoisotopic (exact) mass is 238 g/mol. The van der Waals surface area contributed by atoms with Gasteiger partial charge in [-0.25, -0.2) is 9.97 Å². The molecule has 17 heavy (non-hydrogen) atoms. The van der Waals surface area contributed by atoms with E-state index in [-0.39, 0.29) is 6.61 Å². The highest BCUT2D eigenvalue weighted by Crippen LogP contribution is 2.30. The van der Waals surface area contributed by atoms with Crippen molar-refractivity contribution in [1.29, 1.82) is 0 Å². The molecule has 1 aromatic rings. The van der Waals surface area contributed by atoms with Crippen LogP contribution >= 0.6 is 0 Å². The predicted molar refractivity (Wildman–Crippen MR) is 66.6 cm³/mol. The molecule has 0 aliphatic heterocycles. The Balaban J connectivity index is 3.22. The molecular weight excluding hydrogens is 216 g/mol. The first-order valence-corrected chi connectivity index (χ1v) is 6.18. The Morgan fingerprint density at radius 3 is 2.35 bits per heavy atom. The first-order valence-electron chi connectivity index (χ1n) is 6.18. The quantitative estimate of drug-likeness (QED) is 0.825. The van der Waals surface area contributed by atoms with Gasteiger partial charge in [0.25, 0.3) is 0 Å². The van der Waals surface area contributed by atoms with Crippen LogP contribution in [0.15, 0.2) is 6.20 Å². The lowest BCUT2D eigenvalue weighted by atomic mass is 9.95. The van der Waals surface area contributed by atoms with Gasteiger partial charge in [0.05, 0.1) is 6.61 Å². The van der Waals surface area contributed by atoms with Gasteiger partial charge in [0.15, 0.2) is 5.82 Å². The zero-order valence-corrected chi connectivity index (χ0v) is 11.2. The zero-order chi connectivity index (χ0) is 12.9. The SMILES string of the molecule is CCc1nc(C(CC)(CC)OC)ncc1CO. The molecule has 0 amide bonds. The van der Waals surface area contributed by atoms with Gasteiger partial charge >= 0.3 is 0 Å². The number of ether oxygens (including phenoxy) is 1. The average molecular weight is 238 g/mol. The van der Waals surface area contributed by atoms with Crippen LogP contribution in [0.25, 0.3) is 0 Å². The largest absolute Gasteiger partial charge is 0.392 e. The summed E-state index contributed by atoms with van der Waals surface area (Å²) in [6.07, 6.45) is 4.17. The van der Waals surface area contributed by atoms with Crippen molar-refractivity contribution in [3.8, 4) is 0 Å². The third-order valence-corrected chi connectivity index (χ3v) is 3.40. The second-order valence-electron chi connectivity index (χ2n) is 4.08. The maximum absolute atomic E-state index is 9.20. The van der Waals surface area contributed by atoms with E-state index >= 15 is 0 Å². The van der Waals surface area contributed by atoms with Crippen molar-refractivity contribution in [1.82, 2.24) is 9.97 Å². The molecule has 1 aromatic heterocycles. The van der Waals surface area contributed by atoms with Crippen LogP contribution in [0.5, 0.6) is 0 Å². The summed E-state index contributed by atoms with van der Waals surface area (Å²) in [4.78, 5) is 8.90. The van der Waals surface area contributed by atoms with Crippen LogP contribution in [0.1, 0.15) is 50.7 Å². The summed E-state index contributed by atoms with van der Waals surface area (Å²) in [7, 11) is 1.70. The number of methoxy groups -OCH3 is 1. The van der Waals surface area contributed by atoms with Gasteiger partial charge in [-0.15, -0.1) is 0 Å². The zero-order valence-electron chi connectivity index (χ0n) is 11.2. The van der Waals surface area contributed by atoms with Gasteiger partial charge in [0, 0.05) is 24.6 Å². The Bertz CT molecular complexity index is 354. The van der Waals surface area contributed by atoms with Crippen molar-refractivity contribution >= 4 is 0 Å². The number of nitrogens with zero attached hydrogens (tertiary/aromatic N) is 2. The Labute approximate surface area is 103 Å². The number of hydrogen-bond donors (Lipinski definition) is 1. The Morgan fingerprint density at radius 2 is 1.94 bits per heavy atom. The van der Waals surface area contributed by atoms with E-state index in [0.717, 1.165) is 36.3 Å². The van der Waals surface area contributed by atoms with Crippen LogP contribution < -0.4 is 0 Å². The summed E-state index contributed by atoms with van der Waals surface area (Å²) in [5, 5.41) is 9.20. The second kappa shape index (κ2) is 6.07. The molecule has 0 saturated heterocycles. The fourth-order valence-electron chi connectivity index (χ4n) is 2.05. The number of aromatic nitrogens is 2. The van der Waals surface area contributed by atoms with E-state index in [2.05, 4.69) is 23.8 Å². The van der Waals surface area contributed by atoms with E-state index in [1.807, 2.05) is 6.92 Å². The summed E-state index contributed by atoms with van der Waals surface area (Å²) in [5.41, 5.74) is 1.30. The molecule has 0 atom stereocenters. The van der Waals surface area contributed by atoms with Crippen molar-refractivity contribution in [2.75, 3.05) is 7.11 Å². The summed E-state index contributed by atoms with van der Waals surface area (Å²) >= 11 is 0. The maximum atomic E-state index is 9.20. The molecule has 1 N–H and O–H groups in total. The average Bonchev–Trinajstić information content (AvgIpc) is 2.41. The van der Waals surface area contributed by atoms with Crippen LogP contribution in [-0.2, 0) is 23.4 Å². The van der Waals surface area contributed by atoms with Gasteiger partial charge in [-0.1, -0.05) is 20.8 Å². The van der Waals surface area contributed by atoms with E-state index in [0.29, 0.717) is 0 Å². The fraction of sp³-hybridized carbons (Fsp3) is 0.692. The molecule has 0 spiro atoms. The minimum atomic E-state index is -0.405. The Kier molecular flexibility index (Phi) is 5.02. The standard InChI is InChI=1S/C13H22N2O2/c1-5-11-10(9-16)8-14-12(15-11)13(6-2,7-3)17-4/h8,16H,5-7,9H2,1-4H3. The number of hydrogen-bond acceptors (Lipinski definition) is 4. The predicted octanol–water partition coefficient (Wildman–Crippen LogP) is 2.19. The number of rotatable bonds is 6. The number of aryl methyl sites for hydroxylation is 1. The molecule has 0 bridgehead atoms. The Hall–Kier alpha value is -1.00. The summed E-state index contributed by atoms with van der Waals surface area (Å²) < 4.78 is 5.61. The lowest BCUT2D eigenvalue weighted by molar-refractivity contribution is -0.0293. The van der Waals surface area contributed by atoms with Gasteiger partial charge in [-0.3, -0.25) is 0 Å². The molecular formula is C13H22N2O2. The van der Waals surface area contributed by atoms with Crippen molar-refractivity contribution < 1.29 is 9.84 Å². The van der Waals surface area contributed by atoms with E-state index in [1.54, 1.807) is 13.3 Å². The van der Waals surface area contributed by atoms with E-state index in [9.17, 15) is 5.11 Å². The van der Waals surface area contributed by atoms with Crippen LogP contribution in [0.2, 0.25) is 0 Å². The minimum absolute atomic E-state index is 0.0122. The normalized spacial score (nSPS) is 11.8. The molecule has 96 valence electrons. The maximum Gasteiger partial charge on any atom is 0.160 e. The smallest absolute Gasteiger partial charge is 0.160 e. The minimum Gasteiger partial charge on any atom is -0.392 e. The summed E-state index contributed by atoms with van der Waals surface area (Å²) in [6.45, 7) is 6.16. The Morgan fingerprint density at radius 1 is 1.29 bits per heavy atom. The lowest BCUT2D eigenvalue weighted by Gasteiger charge is -2.28. The van der Waals surface area contributed by atoms with Gasteiger partial charge in [-0.2, -0.15) is 0 Å². The van der Waals surface area contributed by atoms with Gasteiger partial charge in [0.1, 0.15) is 5.60 Å². The molecule has 1 rings (SSSR count). The lowest BCUT2D eigenvalue weighted by Crippen LogP contribution is -2.30. The highest BCUT2D eigenvalue weighted by molar-refractivity contribution is 5.19. The number of aliphatic hydroxyl groups excluding tert-OH is 1. The first-order chi connectivity index (χ1) is 8.17. The molecule has 0 aliphatic carbocycles. The molecule has 0 unspecified atom stereocenters. The van der Waals surface area contributed by atoms with Crippen LogP contribution in [0, 0.1) is 0 Å². The molecule has 0 aliphatic rings. The molecule has 4 nitrogen and oxygen atoms in total. The highest BCUT2D eigenvalue weighted by atomic mass is 16.5. The van der Waals surface area contributed by atoms with Gasteiger partial charge in [0.2, 0.25) is 0 Å². The number of aliphatic hydroxyl groups is 1. The fourth-order valence-corrected chi connectivity index (χ4v) is 2.05. The van der Waals surface area contributed by atoms with Gasteiger partial charge < -0.3 is 9.84 Å². The van der Waals surface area contributed by atoms with E-state index in [1.165, 1.54) is 0 Å². The van der Waals surface area contributed by atoms with E-state index in [4.69, 9.17) is 4.74 Å². The van der Waals surface area contributed by atoms with Crippen LogP contribution in [0.3, 0.4) is 0 Å². The molecule has 0 saturated carbocycles. The van der Waals surface area contributed by atoms with Crippen molar-refractivity contribution in [3.63, 3.8) is 0 Å². The van der Waals surface area contributed by atoms with Crippen LogP contribution in [0.4, 0.5) is 0 Å². The van der Waals surface area contributed by atoms with Crippen molar-refractivity contribution in [3.05, 3.63) is 23.3 Å².